The fourth-order valence-electron chi connectivity index (χ4n) is 2.44. The molecule has 0 atom stereocenters. The van der Waals surface area contributed by atoms with Gasteiger partial charge in [0.1, 0.15) is 0 Å². The zero-order chi connectivity index (χ0) is 10.2. The molecule has 0 aliphatic carbocycles. The van der Waals surface area contributed by atoms with Gasteiger partial charge < -0.3 is 4.90 Å². The first-order valence-corrected chi connectivity index (χ1v) is 5.14. The van der Waals surface area contributed by atoms with Crippen molar-refractivity contribution in [3.05, 3.63) is 0 Å². The Hall–Kier alpha value is -0.530. The van der Waals surface area contributed by atoms with Gasteiger partial charge in [0.05, 0.1) is 0 Å². The van der Waals surface area contributed by atoms with Crippen molar-refractivity contribution in [2.24, 2.45) is 17.3 Å². The lowest BCUT2D eigenvalue weighted by Gasteiger charge is -2.36. The van der Waals surface area contributed by atoms with Crippen LogP contribution < -0.4 is 0 Å². The molecule has 0 saturated carbocycles. The number of rotatable bonds is 2. The van der Waals surface area contributed by atoms with Crippen LogP contribution in [0.15, 0.2) is 0 Å². The highest BCUT2D eigenvalue weighted by molar-refractivity contribution is 5.79. The topological polar surface area (TPSA) is 20.3 Å². The smallest absolute Gasteiger partial charge is 0.222 e. The summed E-state index contributed by atoms with van der Waals surface area (Å²) in [7, 11) is 1.91. The van der Waals surface area contributed by atoms with E-state index in [2.05, 4.69) is 27.7 Å². The maximum atomic E-state index is 11.5. The Bertz CT molecular complexity index is 200. The normalized spacial score (nSPS) is 22.1. The molecule has 13 heavy (non-hydrogen) atoms. The van der Waals surface area contributed by atoms with Crippen LogP contribution in [0.2, 0.25) is 0 Å². The fourth-order valence-corrected chi connectivity index (χ4v) is 2.44. The minimum atomic E-state index is 0.214. The molecule has 0 radical (unpaired) electrons. The summed E-state index contributed by atoms with van der Waals surface area (Å²) in [4.78, 5) is 13.4. The molecule has 1 rings (SSSR count). The van der Waals surface area contributed by atoms with E-state index in [0.29, 0.717) is 17.7 Å². The van der Waals surface area contributed by atoms with E-state index >= 15 is 0 Å². The summed E-state index contributed by atoms with van der Waals surface area (Å²) >= 11 is 0. The second-order valence-electron chi connectivity index (χ2n) is 4.97. The second-order valence-corrected chi connectivity index (χ2v) is 4.97. The Morgan fingerprint density at radius 2 is 1.69 bits per heavy atom. The molecule has 1 aliphatic rings. The number of carbonyl (C=O) groups is 1. The van der Waals surface area contributed by atoms with Gasteiger partial charge in [-0.15, -0.1) is 0 Å². The first kappa shape index (κ1) is 10.6. The number of likely N-dealkylation sites (tertiary alicyclic amines) is 1. The van der Waals surface area contributed by atoms with E-state index in [0.717, 1.165) is 13.0 Å². The summed E-state index contributed by atoms with van der Waals surface area (Å²) in [5, 5.41) is 0. The minimum Gasteiger partial charge on any atom is -0.345 e. The average molecular weight is 183 g/mol. The standard InChI is InChI=1S/C11H21NO/c1-8(2)11(9(3)4)6-10(13)12(5)7-11/h8-9H,6-7H2,1-5H3. The van der Waals surface area contributed by atoms with Crippen LogP contribution in [0.4, 0.5) is 0 Å². The number of amides is 1. The lowest BCUT2D eigenvalue weighted by molar-refractivity contribution is -0.126. The molecule has 2 nitrogen and oxygen atoms in total. The maximum absolute atomic E-state index is 11.5. The summed E-state index contributed by atoms with van der Waals surface area (Å²) in [6, 6.07) is 0. The molecule has 0 aromatic rings. The molecule has 0 spiro atoms. The molecule has 2 heteroatoms. The molecule has 0 aromatic carbocycles. The molecule has 1 saturated heterocycles. The summed E-state index contributed by atoms with van der Waals surface area (Å²) in [6.07, 6.45) is 0.735. The zero-order valence-corrected chi connectivity index (χ0v) is 9.42. The Balaban J connectivity index is 2.89. The molecule has 0 unspecified atom stereocenters. The molecule has 1 aliphatic heterocycles. The van der Waals surface area contributed by atoms with Crippen molar-refractivity contribution in [1.82, 2.24) is 4.90 Å². The third-order valence-electron chi connectivity index (χ3n) is 3.74. The second kappa shape index (κ2) is 3.32. The lowest BCUT2D eigenvalue weighted by atomic mass is 9.68. The Kier molecular flexibility index (Phi) is 2.69. The van der Waals surface area contributed by atoms with Crippen LogP contribution in [-0.2, 0) is 4.79 Å². The van der Waals surface area contributed by atoms with Crippen molar-refractivity contribution < 1.29 is 4.79 Å². The maximum Gasteiger partial charge on any atom is 0.222 e. The Labute approximate surface area is 81.3 Å². The molecule has 76 valence electrons. The first-order chi connectivity index (χ1) is 5.90. The molecular formula is C11H21NO. The monoisotopic (exact) mass is 183 g/mol. The molecule has 1 fully saturated rings. The first-order valence-electron chi connectivity index (χ1n) is 5.14. The van der Waals surface area contributed by atoms with Gasteiger partial charge in [-0.1, -0.05) is 27.7 Å². The Morgan fingerprint density at radius 3 is 1.85 bits per heavy atom. The van der Waals surface area contributed by atoms with E-state index in [1.807, 2.05) is 11.9 Å². The van der Waals surface area contributed by atoms with Gasteiger partial charge in [0.25, 0.3) is 0 Å². The predicted molar refractivity (Wildman–Crippen MR) is 54.4 cm³/mol. The van der Waals surface area contributed by atoms with E-state index in [1.54, 1.807) is 0 Å². The van der Waals surface area contributed by atoms with Crippen LogP contribution in [-0.4, -0.2) is 24.4 Å². The van der Waals surface area contributed by atoms with Crippen molar-refractivity contribution in [2.45, 2.75) is 34.1 Å². The van der Waals surface area contributed by atoms with Gasteiger partial charge >= 0.3 is 0 Å². The lowest BCUT2D eigenvalue weighted by Crippen LogP contribution is -2.35. The largest absolute Gasteiger partial charge is 0.345 e. The quantitative estimate of drug-likeness (QED) is 0.642. The van der Waals surface area contributed by atoms with Gasteiger partial charge in [-0.2, -0.15) is 0 Å². The summed E-state index contributed by atoms with van der Waals surface area (Å²) in [5.41, 5.74) is 0.214. The zero-order valence-electron chi connectivity index (χ0n) is 9.42. The van der Waals surface area contributed by atoms with Crippen molar-refractivity contribution in [2.75, 3.05) is 13.6 Å². The number of hydrogen-bond acceptors (Lipinski definition) is 1. The molecule has 1 heterocycles. The number of hydrogen-bond donors (Lipinski definition) is 0. The Morgan fingerprint density at radius 1 is 1.23 bits per heavy atom. The van der Waals surface area contributed by atoms with Crippen LogP contribution in [0.25, 0.3) is 0 Å². The highest BCUT2D eigenvalue weighted by Gasteiger charge is 2.45. The van der Waals surface area contributed by atoms with Crippen LogP contribution in [0.1, 0.15) is 34.1 Å². The van der Waals surface area contributed by atoms with Gasteiger partial charge in [0.15, 0.2) is 0 Å². The van der Waals surface area contributed by atoms with Crippen molar-refractivity contribution >= 4 is 5.91 Å². The van der Waals surface area contributed by atoms with E-state index in [4.69, 9.17) is 0 Å². The van der Waals surface area contributed by atoms with Crippen molar-refractivity contribution in [3.8, 4) is 0 Å². The van der Waals surface area contributed by atoms with Crippen LogP contribution in [0.5, 0.6) is 0 Å². The molecular weight excluding hydrogens is 162 g/mol. The van der Waals surface area contributed by atoms with Crippen LogP contribution >= 0.6 is 0 Å². The van der Waals surface area contributed by atoms with Gasteiger partial charge in [0, 0.05) is 25.4 Å². The predicted octanol–water partition coefficient (Wildman–Crippen LogP) is 2.15. The summed E-state index contributed by atoms with van der Waals surface area (Å²) < 4.78 is 0. The highest BCUT2D eigenvalue weighted by Crippen LogP contribution is 2.44. The van der Waals surface area contributed by atoms with E-state index in [1.165, 1.54) is 0 Å². The van der Waals surface area contributed by atoms with E-state index in [-0.39, 0.29) is 5.41 Å². The molecule has 1 amide bonds. The van der Waals surface area contributed by atoms with Gasteiger partial charge in [-0.05, 0) is 11.8 Å². The van der Waals surface area contributed by atoms with Gasteiger partial charge in [-0.25, -0.2) is 0 Å². The SMILES string of the molecule is CC(C)C1(C(C)C)CC(=O)N(C)C1. The number of carbonyl (C=O) groups excluding carboxylic acids is 1. The number of nitrogens with zero attached hydrogens (tertiary/aromatic N) is 1. The molecule has 0 N–H and O–H groups in total. The van der Waals surface area contributed by atoms with Crippen LogP contribution in [0.3, 0.4) is 0 Å². The average Bonchev–Trinajstić information content (AvgIpc) is 2.29. The molecule has 0 bridgehead atoms. The summed E-state index contributed by atoms with van der Waals surface area (Å²) in [5.74, 6) is 1.48. The van der Waals surface area contributed by atoms with Crippen molar-refractivity contribution in [3.63, 3.8) is 0 Å². The van der Waals surface area contributed by atoms with Crippen molar-refractivity contribution in [1.29, 1.82) is 0 Å². The van der Waals surface area contributed by atoms with E-state index in [9.17, 15) is 4.79 Å². The van der Waals surface area contributed by atoms with Gasteiger partial charge in [0.2, 0.25) is 5.91 Å². The third kappa shape index (κ3) is 1.59. The highest BCUT2D eigenvalue weighted by atomic mass is 16.2. The molecule has 0 aromatic heterocycles. The summed E-state index contributed by atoms with van der Waals surface area (Å²) in [6.45, 7) is 9.85. The third-order valence-corrected chi connectivity index (χ3v) is 3.74. The van der Waals surface area contributed by atoms with Crippen LogP contribution in [0, 0.1) is 17.3 Å². The van der Waals surface area contributed by atoms with Gasteiger partial charge in [-0.3, -0.25) is 4.79 Å². The van der Waals surface area contributed by atoms with E-state index < -0.39 is 0 Å². The fraction of sp³-hybridized carbons (Fsp3) is 0.909. The minimum absolute atomic E-state index is 0.214.